The van der Waals surface area contributed by atoms with Gasteiger partial charge in [0.1, 0.15) is 11.6 Å². The summed E-state index contributed by atoms with van der Waals surface area (Å²) in [5.41, 5.74) is 3.58. The maximum atomic E-state index is 13.5. The average molecular weight is 407 g/mol. The Kier molecular flexibility index (Phi) is 5.67. The van der Waals surface area contributed by atoms with Crippen LogP contribution in [0.3, 0.4) is 0 Å². The van der Waals surface area contributed by atoms with Crippen LogP contribution < -0.4 is 5.32 Å². The van der Waals surface area contributed by atoms with Gasteiger partial charge in [-0.25, -0.2) is 14.4 Å². The van der Waals surface area contributed by atoms with E-state index in [0.29, 0.717) is 17.3 Å². The number of aryl methyl sites for hydroxylation is 1. The first-order chi connectivity index (χ1) is 14.1. The predicted octanol–water partition coefficient (Wildman–Crippen LogP) is 6.57. The lowest BCUT2D eigenvalue weighted by Crippen LogP contribution is -2.00. The van der Waals surface area contributed by atoms with Crippen LogP contribution in [0.1, 0.15) is 25.3 Å². The van der Waals surface area contributed by atoms with Gasteiger partial charge in [-0.1, -0.05) is 31.0 Å². The molecule has 0 aliphatic heterocycles. The van der Waals surface area contributed by atoms with E-state index in [1.165, 1.54) is 11.6 Å². The van der Waals surface area contributed by atoms with Gasteiger partial charge in [0, 0.05) is 29.0 Å². The molecule has 0 amide bonds. The van der Waals surface area contributed by atoms with Crippen molar-refractivity contribution in [3.8, 4) is 11.4 Å². The fraction of sp³-hybridized carbons (Fsp3) is 0.174. The molecule has 0 radical (unpaired) electrons. The molecule has 0 bridgehead atoms. The number of hydrogen-bond donors (Lipinski definition) is 1. The summed E-state index contributed by atoms with van der Waals surface area (Å²) >= 11 is 5.94. The zero-order valence-electron chi connectivity index (χ0n) is 16.0. The van der Waals surface area contributed by atoms with Crippen molar-refractivity contribution < 1.29 is 4.39 Å². The molecule has 0 atom stereocenters. The summed E-state index contributed by atoms with van der Waals surface area (Å²) in [6, 6.07) is 14.5. The van der Waals surface area contributed by atoms with Crippen molar-refractivity contribution in [3.05, 3.63) is 77.3 Å². The van der Waals surface area contributed by atoms with Gasteiger partial charge in [-0.2, -0.15) is 0 Å². The van der Waals surface area contributed by atoms with Crippen molar-refractivity contribution in [2.24, 2.45) is 0 Å². The number of halogens is 2. The Morgan fingerprint density at radius 3 is 2.72 bits per heavy atom. The van der Waals surface area contributed by atoms with E-state index in [-0.39, 0.29) is 5.02 Å². The smallest absolute Gasteiger partial charge is 0.163 e. The third kappa shape index (κ3) is 4.35. The lowest BCUT2D eigenvalue weighted by atomic mass is 10.1. The van der Waals surface area contributed by atoms with Crippen LogP contribution in [0.2, 0.25) is 5.02 Å². The molecule has 1 N–H and O–H groups in total. The van der Waals surface area contributed by atoms with Crippen LogP contribution in [0.5, 0.6) is 0 Å². The Morgan fingerprint density at radius 2 is 1.97 bits per heavy atom. The van der Waals surface area contributed by atoms with E-state index < -0.39 is 5.82 Å². The van der Waals surface area contributed by atoms with Crippen LogP contribution in [0.25, 0.3) is 22.3 Å². The number of pyridine rings is 1. The number of rotatable bonds is 6. The summed E-state index contributed by atoms with van der Waals surface area (Å²) in [6.45, 7) is 2.18. The van der Waals surface area contributed by atoms with Gasteiger partial charge in [0.25, 0.3) is 0 Å². The molecule has 4 aromatic rings. The molecule has 6 heteroatoms. The standard InChI is InChI=1S/C23H20ClFN4/c1-2-3-5-15-7-9-18-21(12-15)28-22(16-6-4-11-26-14-16)29-23(18)27-17-8-10-20(25)19(24)13-17/h4,6-14H,2-3,5H2,1H3,(H,27,28,29). The summed E-state index contributed by atoms with van der Waals surface area (Å²) < 4.78 is 13.5. The largest absolute Gasteiger partial charge is 0.340 e. The molecular formula is C23H20ClFN4. The molecule has 0 spiro atoms. The second-order valence-corrected chi connectivity index (χ2v) is 7.25. The minimum absolute atomic E-state index is 0.0581. The van der Waals surface area contributed by atoms with Gasteiger partial charge in [0.05, 0.1) is 10.5 Å². The Bertz CT molecular complexity index is 1150. The van der Waals surface area contributed by atoms with Crippen molar-refractivity contribution in [2.45, 2.75) is 26.2 Å². The first-order valence-corrected chi connectivity index (χ1v) is 9.95. The van der Waals surface area contributed by atoms with Crippen molar-refractivity contribution >= 4 is 34.0 Å². The Hall–Kier alpha value is -3.05. The van der Waals surface area contributed by atoms with E-state index >= 15 is 0 Å². The zero-order valence-corrected chi connectivity index (χ0v) is 16.7. The normalized spacial score (nSPS) is 11.0. The minimum atomic E-state index is -0.457. The highest BCUT2D eigenvalue weighted by Gasteiger charge is 2.12. The molecule has 0 aliphatic rings. The number of nitrogens with one attached hydrogen (secondary N) is 1. The van der Waals surface area contributed by atoms with Gasteiger partial charge in [-0.3, -0.25) is 4.98 Å². The maximum absolute atomic E-state index is 13.5. The van der Waals surface area contributed by atoms with Gasteiger partial charge < -0.3 is 5.32 Å². The number of unbranched alkanes of at least 4 members (excludes halogenated alkanes) is 1. The average Bonchev–Trinajstić information content (AvgIpc) is 2.75. The van der Waals surface area contributed by atoms with Gasteiger partial charge in [-0.15, -0.1) is 0 Å². The van der Waals surface area contributed by atoms with Gasteiger partial charge >= 0.3 is 0 Å². The number of benzene rings is 2. The number of anilines is 2. The molecule has 4 nitrogen and oxygen atoms in total. The van der Waals surface area contributed by atoms with Crippen molar-refractivity contribution in [1.29, 1.82) is 0 Å². The zero-order chi connectivity index (χ0) is 20.2. The minimum Gasteiger partial charge on any atom is -0.340 e. The second kappa shape index (κ2) is 8.53. The molecule has 0 aliphatic carbocycles. The lowest BCUT2D eigenvalue weighted by molar-refractivity contribution is 0.628. The topological polar surface area (TPSA) is 50.7 Å². The van der Waals surface area contributed by atoms with E-state index in [2.05, 4.69) is 29.4 Å². The van der Waals surface area contributed by atoms with Gasteiger partial charge in [0.2, 0.25) is 0 Å². The SMILES string of the molecule is CCCCc1ccc2c(Nc3ccc(F)c(Cl)c3)nc(-c3cccnc3)nc2c1. The number of nitrogens with zero attached hydrogens (tertiary/aromatic N) is 3. The summed E-state index contributed by atoms with van der Waals surface area (Å²) in [5, 5.41) is 4.21. The number of aromatic nitrogens is 3. The first-order valence-electron chi connectivity index (χ1n) is 9.57. The summed E-state index contributed by atoms with van der Waals surface area (Å²) in [4.78, 5) is 13.7. The van der Waals surface area contributed by atoms with Crippen LogP contribution >= 0.6 is 11.6 Å². The predicted molar refractivity (Wildman–Crippen MR) is 116 cm³/mol. The van der Waals surface area contributed by atoms with E-state index in [9.17, 15) is 4.39 Å². The van der Waals surface area contributed by atoms with E-state index in [1.54, 1.807) is 24.5 Å². The summed E-state index contributed by atoms with van der Waals surface area (Å²) in [5.74, 6) is 0.758. The van der Waals surface area contributed by atoms with Crippen molar-refractivity contribution in [3.63, 3.8) is 0 Å². The third-order valence-electron chi connectivity index (χ3n) is 4.68. The molecule has 0 unspecified atom stereocenters. The fourth-order valence-corrected chi connectivity index (χ4v) is 3.32. The molecule has 4 rings (SSSR count). The van der Waals surface area contributed by atoms with Crippen LogP contribution in [0.4, 0.5) is 15.9 Å². The van der Waals surface area contributed by atoms with E-state index in [1.807, 2.05) is 18.2 Å². The van der Waals surface area contributed by atoms with Crippen LogP contribution in [0, 0.1) is 5.82 Å². The van der Waals surface area contributed by atoms with Crippen molar-refractivity contribution in [1.82, 2.24) is 15.0 Å². The Balaban J connectivity index is 1.82. The lowest BCUT2D eigenvalue weighted by Gasteiger charge is -2.12. The summed E-state index contributed by atoms with van der Waals surface area (Å²) in [7, 11) is 0. The van der Waals surface area contributed by atoms with E-state index in [0.717, 1.165) is 35.7 Å². The van der Waals surface area contributed by atoms with Crippen LogP contribution in [-0.4, -0.2) is 15.0 Å². The molecular weight excluding hydrogens is 387 g/mol. The third-order valence-corrected chi connectivity index (χ3v) is 4.97. The molecule has 2 aromatic carbocycles. The second-order valence-electron chi connectivity index (χ2n) is 6.85. The molecule has 0 saturated heterocycles. The van der Waals surface area contributed by atoms with Gasteiger partial charge in [-0.05, 0) is 60.9 Å². The fourth-order valence-electron chi connectivity index (χ4n) is 3.14. The highest BCUT2D eigenvalue weighted by molar-refractivity contribution is 6.31. The first kappa shape index (κ1) is 19.3. The summed E-state index contributed by atoms with van der Waals surface area (Å²) in [6.07, 6.45) is 6.73. The molecule has 2 heterocycles. The highest BCUT2D eigenvalue weighted by atomic mass is 35.5. The quantitative estimate of drug-likeness (QED) is 0.393. The molecule has 0 saturated carbocycles. The maximum Gasteiger partial charge on any atom is 0.163 e. The monoisotopic (exact) mass is 406 g/mol. The molecule has 29 heavy (non-hydrogen) atoms. The van der Waals surface area contributed by atoms with Crippen molar-refractivity contribution in [2.75, 3.05) is 5.32 Å². The molecule has 146 valence electrons. The van der Waals surface area contributed by atoms with Crippen LogP contribution in [0.15, 0.2) is 60.9 Å². The Morgan fingerprint density at radius 1 is 1.07 bits per heavy atom. The number of fused-ring (bicyclic) bond motifs is 1. The molecule has 2 aromatic heterocycles. The Labute approximate surface area is 173 Å². The van der Waals surface area contributed by atoms with Crippen LogP contribution in [-0.2, 0) is 6.42 Å². The highest BCUT2D eigenvalue weighted by Crippen LogP contribution is 2.29. The van der Waals surface area contributed by atoms with Gasteiger partial charge in [0.15, 0.2) is 5.82 Å². The van der Waals surface area contributed by atoms with E-state index in [4.69, 9.17) is 21.6 Å². The number of hydrogen-bond acceptors (Lipinski definition) is 4. The molecule has 0 fully saturated rings.